The van der Waals surface area contributed by atoms with E-state index in [1.807, 2.05) is 13.8 Å². The van der Waals surface area contributed by atoms with E-state index in [1.165, 1.54) is 17.8 Å². The van der Waals surface area contributed by atoms with Crippen molar-refractivity contribution < 1.29 is 8.78 Å². The molecule has 0 spiro atoms. The highest BCUT2D eigenvalue weighted by atomic mass is 32.2. The van der Waals surface area contributed by atoms with Gasteiger partial charge in [-0.25, -0.2) is 8.78 Å². The number of halogens is 2. The molecule has 0 aliphatic heterocycles. The minimum absolute atomic E-state index is 0.0204. The number of benzene rings is 1. The van der Waals surface area contributed by atoms with E-state index in [2.05, 4.69) is 12.6 Å². The van der Waals surface area contributed by atoms with Crippen molar-refractivity contribution in [2.45, 2.75) is 18.7 Å². The zero-order valence-electron chi connectivity index (χ0n) is 8.76. The van der Waals surface area contributed by atoms with Gasteiger partial charge in [0.2, 0.25) is 0 Å². The fraction of sp³-hybridized carbons (Fsp3) is 0.455. The predicted molar refractivity (Wildman–Crippen MR) is 64.7 cm³/mol. The van der Waals surface area contributed by atoms with Crippen LogP contribution in [-0.2, 0) is 0 Å². The first kappa shape index (κ1) is 12.8. The highest BCUT2D eigenvalue weighted by Crippen LogP contribution is 2.30. The van der Waals surface area contributed by atoms with Crippen LogP contribution in [0.15, 0.2) is 23.1 Å². The molecule has 0 heterocycles. The molecular formula is C11H14F2S2. The number of thioether (sulfide) groups is 1. The van der Waals surface area contributed by atoms with E-state index in [0.29, 0.717) is 4.90 Å². The standard InChI is InChI=1S/C11H14F2S2/c1-11(2,6-14)7-15-10-5-8(12)3-4-9(10)13/h3-5,14H,6-7H2,1-2H3. The van der Waals surface area contributed by atoms with Gasteiger partial charge in [-0.05, 0) is 29.4 Å². The molecule has 0 atom stereocenters. The molecule has 0 aliphatic rings. The third-order valence-corrected chi connectivity index (χ3v) is 4.35. The Hall–Kier alpha value is -0.220. The molecule has 0 bridgehead atoms. The van der Waals surface area contributed by atoms with Crippen molar-refractivity contribution >= 4 is 24.4 Å². The van der Waals surface area contributed by atoms with Crippen LogP contribution < -0.4 is 0 Å². The Labute approximate surface area is 98.9 Å². The predicted octanol–water partition coefficient (Wildman–Crippen LogP) is 4.01. The minimum atomic E-state index is -0.400. The SMILES string of the molecule is CC(C)(CS)CSc1cc(F)ccc1F. The van der Waals surface area contributed by atoms with Gasteiger partial charge in [-0.15, -0.1) is 11.8 Å². The van der Waals surface area contributed by atoms with Crippen molar-refractivity contribution in [2.75, 3.05) is 11.5 Å². The van der Waals surface area contributed by atoms with Gasteiger partial charge in [-0.2, -0.15) is 12.6 Å². The van der Waals surface area contributed by atoms with Gasteiger partial charge in [0.15, 0.2) is 0 Å². The molecule has 0 N–H and O–H groups in total. The lowest BCUT2D eigenvalue weighted by Gasteiger charge is -2.21. The Kier molecular flexibility index (Phi) is 4.46. The van der Waals surface area contributed by atoms with Gasteiger partial charge in [0.05, 0.1) is 0 Å². The van der Waals surface area contributed by atoms with Gasteiger partial charge in [0.1, 0.15) is 11.6 Å². The summed E-state index contributed by atoms with van der Waals surface area (Å²) in [6.07, 6.45) is 0. The van der Waals surface area contributed by atoms with Crippen molar-refractivity contribution in [3.8, 4) is 0 Å². The molecule has 84 valence electrons. The molecule has 0 fully saturated rings. The Morgan fingerprint density at radius 3 is 2.60 bits per heavy atom. The zero-order valence-corrected chi connectivity index (χ0v) is 10.5. The molecule has 0 amide bonds. The van der Waals surface area contributed by atoms with Crippen molar-refractivity contribution in [1.29, 1.82) is 0 Å². The maximum Gasteiger partial charge on any atom is 0.136 e. The Bertz CT molecular complexity index is 337. The fourth-order valence-electron chi connectivity index (χ4n) is 0.907. The van der Waals surface area contributed by atoms with Gasteiger partial charge >= 0.3 is 0 Å². The van der Waals surface area contributed by atoms with E-state index in [1.54, 1.807) is 0 Å². The Balaban J connectivity index is 2.69. The maximum atomic E-state index is 13.2. The summed E-state index contributed by atoms with van der Waals surface area (Å²) in [6.45, 7) is 4.09. The van der Waals surface area contributed by atoms with E-state index < -0.39 is 5.82 Å². The van der Waals surface area contributed by atoms with Crippen molar-refractivity contribution in [3.63, 3.8) is 0 Å². The smallest absolute Gasteiger partial charge is 0.136 e. The normalized spacial score (nSPS) is 11.8. The number of hydrogen-bond donors (Lipinski definition) is 1. The van der Waals surface area contributed by atoms with Crippen LogP contribution in [0.2, 0.25) is 0 Å². The van der Waals surface area contributed by atoms with E-state index in [0.717, 1.165) is 23.6 Å². The second kappa shape index (κ2) is 5.21. The summed E-state index contributed by atoms with van der Waals surface area (Å²) in [5.41, 5.74) is 0.0204. The lowest BCUT2D eigenvalue weighted by molar-refractivity contribution is 0.493. The summed E-state index contributed by atoms with van der Waals surface area (Å²) in [4.78, 5) is 0.366. The number of rotatable bonds is 4. The van der Waals surface area contributed by atoms with Gasteiger partial charge in [-0.3, -0.25) is 0 Å². The van der Waals surface area contributed by atoms with Gasteiger partial charge in [0.25, 0.3) is 0 Å². The van der Waals surface area contributed by atoms with E-state index in [9.17, 15) is 8.78 Å². The minimum Gasteiger partial charge on any atom is -0.207 e. The average molecular weight is 248 g/mol. The summed E-state index contributed by atoms with van der Waals surface area (Å²) < 4.78 is 26.1. The highest BCUT2D eigenvalue weighted by Gasteiger charge is 2.17. The van der Waals surface area contributed by atoms with Crippen LogP contribution in [0.25, 0.3) is 0 Å². The summed E-state index contributed by atoms with van der Waals surface area (Å²) in [5, 5.41) is 0. The lowest BCUT2D eigenvalue weighted by atomic mass is 10.0. The lowest BCUT2D eigenvalue weighted by Crippen LogP contribution is -2.16. The molecule has 0 nitrogen and oxygen atoms in total. The average Bonchev–Trinajstić information content (AvgIpc) is 2.20. The second-order valence-corrected chi connectivity index (χ2v) is 5.52. The van der Waals surface area contributed by atoms with Crippen molar-refractivity contribution in [1.82, 2.24) is 0 Å². The first-order valence-corrected chi connectivity index (χ1v) is 6.25. The fourth-order valence-corrected chi connectivity index (χ4v) is 2.22. The third-order valence-electron chi connectivity index (χ3n) is 1.94. The largest absolute Gasteiger partial charge is 0.207 e. The Morgan fingerprint density at radius 2 is 2.00 bits per heavy atom. The first-order chi connectivity index (χ1) is 6.94. The molecule has 1 aromatic rings. The molecule has 4 heteroatoms. The molecule has 0 radical (unpaired) electrons. The maximum absolute atomic E-state index is 13.2. The second-order valence-electron chi connectivity index (χ2n) is 4.19. The summed E-state index contributed by atoms with van der Waals surface area (Å²) in [6, 6.07) is 3.52. The van der Waals surface area contributed by atoms with Crippen LogP contribution in [0.1, 0.15) is 13.8 Å². The molecular weight excluding hydrogens is 234 g/mol. The van der Waals surface area contributed by atoms with Gasteiger partial charge in [-0.1, -0.05) is 13.8 Å². The van der Waals surface area contributed by atoms with Crippen LogP contribution in [0.3, 0.4) is 0 Å². The van der Waals surface area contributed by atoms with Crippen LogP contribution >= 0.6 is 24.4 Å². The monoisotopic (exact) mass is 248 g/mol. The summed E-state index contributed by atoms with van der Waals surface area (Å²) in [5.74, 6) is 0.673. The summed E-state index contributed by atoms with van der Waals surface area (Å²) in [7, 11) is 0. The van der Waals surface area contributed by atoms with Crippen LogP contribution in [0, 0.1) is 17.0 Å². The molecule has 0 saturated heterocycles. The Morgan fingerprint density at radius 1 is 1.33 bits per heavy atom. The molecule has 0 aliphatic carbocycles. The quantitative estimate of drug-likeness (QED) is 0.620. The third kappa shape index (κ3) is 4.03. The van der Waals surface area contributed by atoms with Crippen LogP contribution in [-0.4, -0.2) is 11.5 Å². The summed E-state index contributed by atoms with van der Waals surface area (Å²) >= 11 is 5.54. The zero-order chi connectivity index (χ0) is 11.5. The van der Waals surface area contributed by atoms with E-state index in [4.69, 9.17) is 0 Å². The van der Waals surface area contributed by atoms with Crippen molar-refractivity contribution in [3.05, 3.63) is 29.8 Å². The number of thiol groups is 1. The molecule has 0 saturated carbocycles. The molecule has 15 heavy (non-hydrogen) atoms. The molecule has 1 aromatic carbocycles. The molecule has 0 unspecified atom stereocenters. The molecule has 1 rings (SSSR count). The number of hydrogen-bond acceptors (Lipinski definition) is 2. The van der Waals surface area contributed by atoms with E-state index >= 15 is 0 Å². The highest BCUT2D eigenvalue weighted by molar-refractivity contribution is 7.99. The topological polar surface area (TPSA) is 0 Å². The van der Waals surface area contributed by atoms with Crippen LogP contribution in [0.4, 0.5) is 8.78 Å². The van der Waals surface area contributed by atoms with Crippen molar-refractivity contribution in [2.24, 2.45) is 5.41 Å². The van der Waals surface area contributed by atoms with Gasteiger partial charge in [0, 0.05) is 10.6 Å². The van der Waals surface area contributed by atoms with Crippen LogP contribution in [0.5, 0.6) is 0 Å². The van der Waals surface area contributed by atoms with Gasteiger partial charge < -0.3 is 0 Å². The van der Waals surface area contributed by atoms with E-state index in [-0.39, 0.29) is 11.2 Å². The first-order valence-electron chi connectivity index (χ1n) is 4.63. The molecule has 0 aromatic heterocycles.